The molecular weight excluding hydrogens is 892 g/mol. The lowest BCUT2D eigenvalue weighted by Gasteiger charge is -2.30. The Bertz CT molecular complexity index is 1300. The normalized spacial score (nSPS) is 14.0. The molecule has 0 saturated carbocycles. The summed E-state index contributed by atoms with van der Waals surface area (Å²) in [5.74, 6) is -0.540. The molecule has 3 unspecified atom stereocenters. The van der Waals surface area contributed by atoms with Crippen LogP contribution in [-0.2, 0) is 27.9 Å². The van der Waals surface area contributed by atoms with Crippen molar-refractivity contribution in [3.63, 3.8) is 0 Å². The maximum atomic E-state index is 13.5. The Morgan fingerprint density at radius 2 is 0.914 bits per heavy atom. The number of hydrogen-bond acceptors (Lipinski definition) is 7. The van der Waals surface area contributed by atoms with E-state index in [0.29, 0.717) is 17.4 Å². The van der Waals surface area contributed by atoms with E-state index in [1.165, 1.54) is 167 Å². The molecule has 0 fully saturated rings. The van der Waals surface area contributed by atoms with E-state index in [4.69, 9.17) is 13.8 Å². The van der Waals surface area contributed by atoms with E-state index in [2.05, 4.69) is 50.4 Å². The minimum atomic E-state index is -4.69. The molecule has 3 atom stereocenters. The van der Waals surface area contributed by atoms with Gasteiger partial charge in [-0.3, -0.25) is 14.2 Å². The number of allylic oxidation sites excluding steroid dienone is 5. The number of quaternary nitrogens is 1. The van der Waals surface area contributed by atoms with Crippen LogP contribution in [0, 0.1) is 0 Å². The molecule has 0 saturated heterocycles. The first-order valence-electron chi connectivity index (χ1n) is 29.8. The summed E-state index contributed by atoms with van der Waals surface area (Å²) in [7, 11) is 1.19. The Balaban J connectivity index is 5.22. The van der Waals surface area contributed by atoms with Gasteiger partial charge in [-0.2, -0.15) is 0 Å². The summed E-state index contributed by atoms with van der Waals surface area (Å²) in [6.07, 6.45) is 59.7. The predicted molar refractivity (Wildman–Crippen MR) is 298 cm³/mol. The molecule has 0 aromatic heterocycles. The largest absolute Gasteiger partial charge is 0.756 e. The number of rotatable bonds is 54. The van der Waals surface area contributed by atoms with Crippen molar-refractivity contribution in [2.45, 2.75) is 296 Å². The molecule has 412 valence electrons. The van der Waals surface area contributed by atoms with Gasteiger partial charge in [0.25, 0.3) is 7.82 Å². The van der Waals surface area contributed by atoms with Crippen molar-refractivity contribution in [2.75, 3.05) is 40.9 Å². The molecule has 0 rings (SSSR count). The number of nitrogens with one attached hydrogen (secondary N) is 1. The van der Waals surface area contributed by atoms with Crippen molar-refractivity contribution in [2.24, 2.45) is 0 Å². The van der Waals surface area contributed by atoms with Crippen LogP contribution >= 0.6 is 7.82 Å². The van der Waals surface area contributed by atoms with Crippen molar-refractivity contribution in [3.8, 4) is 0 Å². The average Bonchev–Trinajstić information content (AvgIpc) is 3.32. The third kappa shape index (κ3) is 51.1. The third-order valence-electron chi connectivity index (χ3n) is 13.3. The van der Waals surface area contributed by atoms with Crippen LogP contribution < -0.4 is 10.2 Å². The Labute approximate surface area is 434 Å². The smallest absolute Gasteiger partial charge is 0.306 e. The van der Waals surface area contributed by atoms with Gasteiger partial charge in [0.15, 0.2) is 0 Å². The van der Waals surface area contributed by atoms with Crippen LogP contribution in [0.1, 0.15) is 284 Å². The lowest BCUT2D eigenvalue weighted by Crippen LogP contribution is -2.47. The van der Waals surface area contributed by atoms with Gasteiger partial charge in [0.05, 0.1) is 33.8 Å². The Morgan fingerprint density at radius 1 is 0.514 bits per heavy atom. The van der Waals surface area contributed by atoms with Gasteiger partial charge in [0.2, 0.25) is 5.91 Å². The van der Waals surface area contributed by atoms with Gasteiger partial charge in [0, 0.05) is 12.8 Å². The van der Waals surface area contributed by atoms with Crippen molar-refractivity contribution in [1.29, 1.82) is 0 Å². The number of nitrogens with zero attached hydrogens (tertiary/aromatic N) is 1. The lowest BCUT2D eigenvalue weighted by atomic mass is 10.0. The van der Waals surface area contributed by atoms with Crippen LogP contribution in [0.4, 0.5) is 0 Å². The fourth-order valence-corrected chi connectivity index (χ4v) is 9.46. The van der Waals surface area contributed by atoms with Crippen molar-refractivity contribution >= 4 is 19.7 Å². The minimum Gasteiger partial charge on any atom is -0.756 e. The minimum absolute atomic E-state index is 0.0220. The fourth-order valence-electron chi connectivity index (χ4n) is 8.74. The highest BCUT2D eigenvalue weighted by Gasteiger charge is 2.27. The van der Waals surface area contributed by atoms with E-state index in [1.54, 1.807) is 0 Å². The monoisotopic (exact) mass is 1010 g/mol. The molecule has 0 heterocycles. The number of amides is 1. The highest BCUT2D eigenvalue weighted by molar-refractivity contribution is 7.45. The number of phosphoric acid groups is 1. The first-order chi connectivity index (χ1) is 33.9. The summed E-state index contributed by atoms with van der Waals surface area (Å²) in [5.41, 5.74) is 0. The van der Waals surface area contributed by atoms with E-state index in [9.17, 15) is 19.0 Å². The number of likely N-dealkylation sites (N-methyl/N-ethyl adjacent to an activating group) is 1. The van der Waals surface area contributed by atoms with Gasteiger partial charge in [-0.15, -0.1) is 0 Å². The summed E-state index contributed by atoms with van der Waals surface area (Å²) >= 11 is 0. The second-order valence-electron chi connectivity index (χ2n) is 21.5. The van der Waals surface area contributed by atoms with Crippen LogP contribution in [0.5, 0.6) is 0 Å². The molecular formula is C60H115N2O7P. The van der Waals surface area contributed by atoms with Gasteiger partial charge in [-0.25, -0.2) is 0 Å². The van der Waals surface area contributed by atoms with Crippen molar-refractivity contribution in [1.82, 2.24) is 5.32 Å². The standard InChI is InChI=1S/C60H115N2O7P/c1-7-10-13-16-19-22-25-27-29-30-31-32-33-35-38-41-44-47-50-53-60(64)69-58(51-48-45-42-39-36-24-21-18-15-12-9-3)57(56-68-70(65,66)67-55-54-62(4,5)6)61-59(63)52-49-46-43-40-37-34-28-26-23-20-17-14-11-8-2/h11,14,20,23,48,51,57-58H,7-10,12-13,15-19,21-22,24-47,49-50,52-56H2,1-6H3,(H-,61,63,65,66)/b14-11+,23-20+,51-48+. The molecule has 0 aliphatic carbocycles. The number of carbonyl (C=O) groups excluding carboxylic acids is 2. The van der Waals surface area contributed by atoms with Crippen LogP contribution in [-0.4, -0.2) is 69.4 Å². The summed E-state index contributed by atoms with van der Waals surface area (Å²) in [5, 5.41) is 3.02. The quantitative estimate of drug-likeness (QED) is 0.0212. The first-order valence-corrected chi connectivity index (χ1v) is 31.3. The van der Waals surface area contributed by atoms with Crippen LogP contribution in [0.25, 0.3) is 0 Å². The Morgan fingerprint density at radius 3 is 1.36 bits per heavy atom. The molecule has 0 spiro atoms. The van der Waals surface area contributed by atoms with Gasteiger partial charge in [-0.1, -0.05) is 250 Å². The first kappa shape index (κ1) is 68.2. The van der Waals surface area contributed by atoms with Crippen molar-refractivity contribution < 1.29 is 37.3 Å². The van der Waals surface area contributed by atoms with Crippen LogP contribution in [0.2, 0.25) is 0 Å². The zero-order chi connectivity index (χ0) is 51.5. The molecule has 0 radical (unpaired) electrons. The Hall–Kier alpha value is -1.77. The van der Waals surface area contributed by atoms with E-state index in [1.807, 2.05) is 33.3 Å². The number of hydrogen-bond donors (Lipinski definition) is 1. The molecule has 1 N–H and O–H groups in total. The molecule has 0 aromatic carbocycles. The van der Waals surface area contributed by atoms with Crippen molar-refractivity contribution in [3.05, 3.63) is 36.5 Å². The number of ether oxygens (including phenoxy) is 1. The topological polar surface area (TPSA) is 114 Å². The van der Waals surface area contributed by atoms with E-state index in [0.717, 1.165) is 83.5 Å². The van der Waals surface area contributed by atoms with Gasteiger partial charge < -0.3 is 28.5 Å². The fraction of sp³-hybridized carbons (Fsp3) is 0.867. The molecule has 9 nitrogen and oxygen atoms in total. The number of esters is 1. The van der Waals surface area contributed by atoms with Crippen LogP contribution in [0.3, 0.4) is 0 Å². The van der Waals surface area contributed by atoms with E-state index in [-0.39, 0.29) is 31.5 Å². The summed E-state index contributed by atoms with van der Waals surface area (Å²) in [6.45, 7) is 6.75. The van der Waals surface area contributed by atoms with Gasteiger partial charge in [0.1, 0.15) is 19.3 Å². The van der Waals surface area contributed by atoms with E-state index < -0.39 is 20.0 Å². The predicted octanol–water partition coefficient (Wildman–Crippen LogP) is 17.3. The molecule has 0 aliphatic heterocycles. The zero-order valence-electron chi connectivity index (χ0n) is 47.0. The maximum Gasteiger partial charge on any atom is 0.306 e. The highest BCUT2D eigenvalue weighted by atomic mass is 31.2. The number of phosphoric ester groups is 1. The lowest BCUT2D eigenvalue weighted by molar-refractivity contribution is -0.870. The summed E-state index contributed by atoms with van der Waals surface area (Å²) in [4.78, 5) is 39.9. The molecule has 0 bridgehead atoms. The second-order valence-corrected chi connectivity index (χ2v) is 22.9. The third-order valence-corrected chi connectivity index (χ3v) is 14.3. The molecule has 10 heteroatoms. The summed E-state index contributed by atoms with van der Waals surface area (Å²) < 4.78 is 30.2. The zero-order valence-corrected chi connectivity index (χ0v) is 47.9. The van der Waals surface area contributed by atoms with Gasteiger partial charge in [-0.05, 0) is 57.4 Å². The molecule has 1 amide bonds. The number of unbranched alkanes of at least 4 members (excludes halogenated alkanes) is 34. The number of carbonyl (C=O) groups is 2. The molecule has 0 aliphatic rings. The SMILES string of the molecule is CC/C=C/C/C=C/CCCCCCCCCC(=O)NC(COP(=O)([O-])OCC[N+](C)(C)C)C(/C=C/CCCCCCCCCCC)OC(=O)CCCCCCCCCCCCCCCCCCCCC. The van der Waals surface area contributed by atoms with Gasteiger partial charge >= 0.3 is 5.97 Å². The molecule has 0 aromatic rings. The van der Waals surface area contributed by atoms with Crippen LogP contribution in [0.15, 0.2) is 36.5 Å². The average molecular weight is 1010 g/mol. The maximum absolute atomic E-state index is 13.5. The second kappa shape index (κ2) is 50.7. The van der Waals surface area contributed by atoms with E-state index >= 15 is 0 Å². The Kier molecular flexibility index (Phi) is 49.5. The molecule has 70 heavy (non-hydrogen) atoms. The highest BCUT2D eigenvalue weighted by Crippen LogP contribution is 2.38. The summed E-state index contributed by atoms with van der Waals surface area (Å²) in [6, 6.07) is -0.887.